The molecular weight excluding hydrogens is 306 g/mol. The molecule has 0 radical (unpaired) electrons. The zero-order valence-electron chi connectivity index (χ0n) is 14.1. The third-order valence-corrected chi connectivity index (χ3v) is 4.49. The second-order valence-electron chi connectivity index (χ2n) is 6.07. The van der Waals surface area contributed by atoms with Gasteiger partial charge in [0.25, 0.3) is 0 Å². The Kier molecular flexibility index (Phi) is 4.80. The Morgan fingerprint density at radius 1 is 1.46 bits per heavy atom. The molecule has 3 heterocycles. The highest BCUT2D eigenvalue weighted by atomic mass is 16.5. The molecule has 1 aliphatic rings. The maximum atomic E-state index is 12.5. The van der Waals surface area contributed by atoms with Crippen molar-refractivity contribution in [3.8, 4) is 0 Å². The molecule has 24 heavy (non-hydrogen) atoms. The molecule has 2 aromatic rings. The Morgan fingerprint density at radius 2 is 2.29 bits per heavy atom. The number of nitrogens with two attached hydrogens (primary N) is 1. The number of pyridine rings is 1. The number of carbonyl (C=O) groups is 1. The van der Waals surface area contributed by atoms with Gasteiger partial charge in [0.2, 0.25) is 5.91 Å². The maximum Gasteiger partial charge on any atom is 0.223 e. The number of anilines is 1. The zero-order chi connectivity index (χ0) is 17.1. The summed E-state index contributed by atoms with van der Waals surface area (Å²) in [5.74, 6) is 0.599. The van der Waals surface area contributed by atoms with Gasteiger partial charge in [0.05, 0.1) is 25.0 Å². The van der Waals surface area contributed by atoms with E-state index in [0.29, 0.717) is 38.4 Å². The minimum atomic E-state index is -0.216. The summed E-state index contributed by atoms with van der Waals surface area (Å²) in [4.78, 5) is 18.7. The second kappa shape index (κ2) is 7.00. The van der Waals surface area contributed by atoms with Crippen molar-refractivity contribution in [2.24, 2.45) is 7.05 Å². The minimum absolute atomic E-state index is 0.135. The first-order valence-corrected chi connectivity index (χ1v) is 8.14. The van der Waals surface area contributed by atoms with E-state index in [2.05, 4.69) is 10.1 Å². The number of carbonyl (C=O) groups excluding carboxylic acids is 1. The van der Waals surface area contributed by atoms with Crippen molar-refractivity contribution in [1.29, 1.82) is 0 Å². The van der Waals surface area contributed by atoms with Crippen LogP contribution >= 0.6 is 0 Å². The normalized spacial score (nSPS) is 17.9. The molecule has 0 bridgehead atoms. The Balaban J connectivity index is 1.60. The molecule has 3 rings (SSSR count). The Bertz CT molecular complexity index is 728. The van der Waals surface area contributed by atoms with Crippen molar-refractivity contribution in [2.75, 3.05) is 25.4 Å². The van der Waals surface area contributed by atoms with E-state index >= 15 is 0 Å². The van der Waals surface area contributed by atoms with Gasteiger partial charge in [0, 0.05) is 25.7 Å². The molecule has 1 fully saturated rings. The molecule has 1 unspecified atom stereocenters. The van der Waals surface area contributed by atoms with E-state index in [1.165, 1.54) is 0 Å². The Hall–Kier alpha value is -2.41. The molecule has 0 spiro atoms. The van der Waals surface area contributed by atoms with Crippen LogP contribution in [0.5, 0.6) is 0 Å². The fraction of sp³-hybridized carbons (Fsp3) is 0.471. The van der Waals surface area contributed by atoms with Gasteiger partial charge >= 0.3 is 0 Å². The van der Waals surface area contributed by atoms with Gasteiger partial charge in [-0.15, -0.1) is 0 Å². The van der Waals surface area contributed by atoms with Gasteiger partial charge in [-0.3, -0.25) is 9.48 Å². The molecule has 1 saturated heterocycles. The quantitative estimate of drug-likeness (QED) is 0.912. The van der Waals surface area contributed by atoms with Crippen molar-refractivity contribution in [3.63, 3.8) is 0 Å². The third-order valence-electron chi connectivity index (χ3n) is 4.49. The van der Waals surface area contributed by atoms with E-state index in [4.69, 9.17) is 10.5 Å². The highest BCUT2D eigenvalue weighted by Crippen LogP contribution is 2.22. The SMILES string of the molecule is Cc1c(CCC(=O)N2CCOC(c3cccc(N)n3)C2)cnn1C. The number of hydrogen-bond acceptors (Lipinski definition) is 5. The molecule has 128 valence electrons. The lowest BCUT2D eigenvalue weighted by Crippen LogP contribution is -2.42. The largest absolute Gasteiger partial charge is 0.384 e. The molecule has 2 N–H and O–H groups in total. The fourth-order valence-corrected chi connectivity index (χ4v) is 2.89. The molecule has 0 saturated carbocycles. The molecule has 1 aliphatic heterocycles. The number of hydrogen-bond donors (Lipinski definition) is 1. The number of ether oxygens (including phenoxy) is 1. The van der Waals surface area contributed by atoms with Crippen molar-refractivity contribution >= 4 is 11.7 Å². The summed E-state index contributed by atoms with van der Waals surface area (Å²) in [7, 11) is 1.91. The van der Waals surface area contributed by atoms with Gasteiger partial charge in [0.1, 0.15) is 11.9 Å². The molecule has 1 amide bonds. The van der Waals surface area contributed by atoms with Gasteiger partial charge in [-0.25, -0.2) is 4.98 Å². The lowest BCUT2D eigenvalue weighted by Gasteiger charge is -2.32. The average molecular weight is 329 g/mol. The number of aryl methyl sites for hydroxylation is 2. The van der Waals surface area contributed by atoms with Crippen LogP contribution in [0.3, 0.4) is 0 Å². The van der Waals surface area contributed by atoms with Crippen molar-refractivity contribution in [1.82, 2.24) is 19.7 Å². The first-order chi connectivity index (χ1) is 11.5. The van der Waals surface area contributed by atoms with Crippen LogP contribution in [0.4, 0.5) is 5.82 Å². The topological polar surface area (TPSA) is 86.3 Å². The monoisotopic (exact) mass is 329 g/mol. The predicted octanol–water partition coefficient (Wildman–Crippen LogP) is 1.24. The molecule has 0 aliphatic carbocycles. The minimum Gasteiger partial charge on any atom is -0.384 e. The summed E-state index contributed by atoms with van der Waals surface area (Å²) in [6.45, 7) is 3.66. The summed E-state index contributed by atoms with van der Waals surface area (Å²) in [6.07, 6.45) is 2.80. The predicted molar refractivity (Wildman–Crippen MR) is 90.2 cm³/mol. The third kappa shape index (κ3) is 3.56. The van der Waals surface area contributed by atoms with Crippen LogP contribution in [0.25, 0.3) is 0 Å². The van der Waals surface area contributed by atoms with Gasteiger partial charge in [-0.1, -0.05) is 6.07 Å². The van der Waals surface area contributed by atoms with Crippen LogP contribution < -0.4 is 5.73 Å². The van der Waals surface area contributed by atoms with Crippen molar-refractivity contribution in [3.05, 3.63) is 41.3 Å². The van der Waals surface area contributed by atoms with Crippen molar-refractivity contribution in [2.45, 2.75) is 25.9 Å². The molecule has 0 aromatic carbocycles. The van der Waals surface area contributed by atoms with E-state index in [-0.39, 0.29) is 12.0 Å². The molecule has 1 atom stereocenters. The first-order valence-electron chi connectivity index (χ1n) is 8.14. The molecule has 7 heteroatoms. The average Bonchev–Trinajstić information content (AvgIpc) is 2.91. The van der Waals surface area contributed by atoms with E-state index in [9.17, 15) is 4.79 Å². The number of rotatable bonds is 4. The molecule has 7 nitrogen and oxygen atoms in total. The number of nitrogen functional groups attached to an aromatic ring is 1. The van der Waals surface area contributed by atoms with E-state index < -0.39 is 0 Å². The number of morpholine rings is 1. The van der Waals surface area contributed by atoms with Crippen LogP contribution in [0.1, 0.15) is 29.5 Å². The molecule has 2 aromatic heterocycles. The van der Waals surface area contributed by atoms with Crippen LogP contribution in [-0.2, 0) is 23.0 Å². The number of nitrogens with zero attached hydrogens (tertiary/aromatic N) is 4. The van der Waals surface area contributed by atoms with E-state index in [1.807, 2.05) is 41.9 Å². The number of amides is 1. The Labute approximate surface area is 141 Å². The van der Waals surface area contributed by atoms with Crippen molar-refractivity contribution < 1.29 is 9.53 Å². The lowest BCUT2D eigenvalue weighted by atomic mass is 10.1. The van der Waals surface area contributed by atoms with Gasteiger partial charge < -0.3 is 15.4 Å². The standard InChI is InChI=1S/C17H23N5O2/c1-12-13(10-19-21(12)2)6-7-17(23)22-8-9-24-15(11-22)14-4-3-5-16(18)20-14/h3-5,10,15H,6-9,11H2,1-2H3,(H2,18,20). The highest BCUT2D eigenvalue weighted by Gasteiger charge is 2.26. The zero-order valence-corrected chi connectivity index (χ0v) is 14.1. The lowest BCUT2D eigenvalue weighted by molar-refractivity contribution is -0.139. The first kappa shape index (κ1) is 16.4. The maximum absolute atomic E-state index is 12.5. The summed E-state index contributed by atoms with van der Waals surface area (Å²) >= 11 is 0. The van der Waals surface area contributed by atoms with Gasteiger partial charge in [-0.2, -0.15) is 5.10 Å². The summed E-state index contributed by atoms with van der Waals surface area (Å²) < 4.78 is 7.59. The Morgan fingerprint density at radius 3 is 3.00 bits per heavy atom. The summed E-state index contributed by atoms with van der Waals surface area (Å²) in [5.41, 5.74) is 8.73. The smallest absolute Gasteiger partial charge is 0.223 e. The van der Waals surface area contributed by atoms with Crippen LogP contribution in [-0.4, -0.2) is 45.3 Å². The van der Waals surface area contributed by atoms with E-state index in [0.717, 1.165) is 17.0 Å². The summed E-state index contributed by atoms with van der Waals surface area (Å²) in [6, 6.07) is 5.48. The van der Waals surface area contributed by atoms with Gasteiger partial charge in [-0.05, 0) is 31.0 Å². The van der Waals surface area contributed by atoms with Gasteiger partial charge in [0.15, 0.2) is 0 Å². The number of aromatic nitrogens is 3. The second-order valence-corrected chi connectivity index (χ2v) is 6.07. The summed E-state index contributed by atoms with van der Waals surface area (Å²) in [5, 5.41) is 4.22. The van der Waals surface area contributed by atoms with E-state index in [1.54, 1.807) is 6.07 Å². The fourth-order valence-electron chi connectivity index (χ4n) is 2.89. The highest BCUT2D eigenvalue weighted by molar-refractivity contribution is 5.76. The van der Waals surface area contributed by atoms with Crippen LogP contribution in [0, 0.1) is 6.92 Å². The molecular formula is C17H23N5O2. The van der Waals surface area contributed by atoms with Crippen LogP contribution in [0.2, 0.25) is 0 Å². The van der Waals surface area contributed by atoms with Crippen LogP contribution in [0.15, 0.2) is 24.4 Å².